The minimum Gasteiger partial charge on any atom is -0.494 e. The van der Waals surface area contributed by atoms with Crippen LogP contribution in [0.15, 0.2) is 24.3 Å². The molecule has 0 N–H and O–H groups in total. The van der Waals surface area contributed by atoms with Gasteiger partial charge in [0, 0.05) is 0 Å². The SMILES string of the molecule is CCCCOC(=O)C1CCC(COOc2ccc(OCCCCCCOC=O)cc2)CC1. The number of carbonyl (C=O) groups excluding carboxylic acids is 2. The predicted molar refractivity (Wildman–Crippen MR) is 120 cm³/mol. The van der Waals surface area contributed by atoms with E-state index in [0.717, 1.165) is 70.0 Å². The summed E-state index contributed by atoms with van der Waals surface area (Å²) in [5.41, 5.74) is 0. The van der Waals surface area contributed by atoms with Gasteiger partial charge in [-0.1, -0.05) is 13.3 Å². The zero-order chi connectivity index (χ0) is 22.9. The molecule has 180 valence electrons. The average Bonchev–Trinajstić information content (AvgIpc) is 2.82. The summed E-state index contributed by atoms with van der Waals surface area (Å²) in [5.74, 6) is 1.84. The molecule has 0 heterocycles. The normalized spacial score (nSPS) is 18.0. The van der Waals surface area contributed by atoms with Crippen molar-refractivity contribution in [1.29, 1.82) is 0 Å². The van der Waals surface area contributed by atoms with Crippen molar-refractivity contribution < 1.29 is 33.6 Å². The largest absolute Gasteiger partial charge is 0.494 e. The zero-order valence-corrected chi connectivity index (χ0v) is 19.3. The van der Waals surface area contributed by atoms with Crippen LogP contribution in [0.1, 0.15) is 71.1 Å². The van der Waals surface area contributed by atoms with Crippen molar-refractivity contribution in [1.82, 2.24) is 0 Å². The van der Waals surface area contributed by atoms with E-state index in [-0.39, 0.29) is 11.9 Å². The molecule has 0 amide bonds. The first-order valence-corrected chi connectivity index (χ1v) is 12.0. The monoisotopic (exact) mass is 450 g/mol. The summed E-state index contributed by atoms with van der Waals surface area (Å²) in [4.78, 5) is 32.9. The highest BCUT2D eigenvalue weighted by atomic mass is 17.2. The lowest BCUT2D eigenvalue weighted by Crippen LogP contribution is -2.26. The summed E-state index contributed by atoms with van der Waals surface area (Å²) in [7, 11) is 0. The van der Waals surface area contributed by atoms with Gasteiger partial charge in [0.2, 0.25) is 0 Å². The van der Waals surface area contributed by atoms with Crippen molar-refractivity contribution in [3.63, 3.8) is 0 Å². The predicted octanol–water partition coefficient (Wildman–Crippen LogP) is 5.26. The molecular formula is C25H38O7. The lowest BCUT2D eigenvalue weighted by atomic mass is 9.82. The number of hydrogen-bond donors (Lipinski definition) is 0. The second-order valence-corrected chi connectivity index (χ2v) is 8.31. The van der Waals surface area contributed by atoms with Crippen LogP contribution in [0.2, 0.25) is 0 Å². The molecule has 0 spiro atoms. The van der Waals surface area contributed by atoms with Crippen LogP contribution in [0.3, 0.4) is 0 Å². The summed E-state index contributed by atoms with van der Waals surface area (Å²) < 4.78 is 15.7. The van der Waals surface area contributed by atoms with Gasteiger partial charge in [-0.3, -0.25) is 9.59 Å². The van der Waals surface area contributed by atoms with Crippen molar-refractivity contribution in [2.45, 2.75) is 71.1 Å². The van der Waals surface area contributed by atoms with Crippen LogP contribution in [-0.4, -0.2) is 38.9 Å². The summed E-state index contributed by atoms with van der Waals surface area (Å²) >= 11 is 0. The number of esters is 1. The summed E-state index contributed by atoms with van der Waals surface area (Å²) in [5, 5.41) is 0. The van der Waals surface area contributed by atoms with Gasteiger partial charge in [0.1, 0.15) is 5.75 Å². The fraction of sp³-hybridized carbons (Fsp3) is 0.680. The third-order valence-corrected chi connectivity index (χ3v) is 5.70. The second-order valence-electron chi connectivity index (χ2n) is 8.31. The number of rotatable bonds is 17. The van der Waals surface area contributed by atoms with Gasteiger partial charge in [-0.25, -0.2) is 0 Å². The molecule has 7 nitrogen and oxygen atoms in total. The Morgan fingerprint density at radius 3 is 2.28 bits per heavy atom. The fourth-order valence-corrected chi connectivity index (χ4v) is 3.67. The Morgan fingerprint density at radius 1 is 0.906 bits per heavy atom. The molecule has 32 heavy (non-hydrogen) atoms. The van der Waals surface area contributed by atoms with Gasteiger partial charge in [0.05, 0.1) is 32.3 Å². The molecule has 1 saturated carbocycles. The highest BCUT2D eigenvalue weighted by molar-refractivity contribution is 5.72. The molecule has 0 aromatic heterocycles. The maximum Gasteiger partial charge on any atom is 0.308 e. The van der Waals surface area contributed by atoms with E-state index in [1.807, 2.05) is 24.3 Å². The molecule has 2 rings (SSSR count). The molecule has 1 aliphatic carbocycles. The summed E-state index contributed by atoms with van der Waals surface area (Å²) in [6.45, 7) is 4.78. The van der Waals surface area contributed by atoms with Crippen LogP contribution in [-0.2, 0) is 24.0 Å². The fourth-order valence-electron chi connectivity index (χ4n) is 3.67. The maximum absolute atomic E-state index is 12.0. The third-order valence-electron chi connectivity index (χ3n) is 5.70. The van der Waals surface area contributed by atoms with Crippen LogP contribution >= 0.6 is 0 Å². The van der Waals surface area contributed by atoms with Crippen molar-refractivity contribution in [2.75, 3.05) is 26.4 Å². The number of carbonyl (C=O) groups is 2. The van der Waals surface area contributed by atoms with Crippen molar-refractivity contribution in [3.05, 3.63) is 24.3 Å². The number of unbranched alkanes of at least 4 members (excludes halogenated alkanes) is 4. The first kappa shape index (κ1) is 26.0. The van der Waals surface area contributed by atoms with Gasteiger partial charge in [-0.05, 0) is 88.0 Å². The van der Waals surface area contributed by atoms with Crippen LogP contribution in [0.4, 0.5) is 0 Å². The van der Waals surface area contributed by atoms with Gasteiger partial charge in [-0.15, -0.1) is 0 Å². The minimum atomic E-state index is -0.0411. The third kappa shape index (κ3) is 10.8. The van der Waals surface area contributed by atoms with E-state index in [4.69, 9.17) is 19.2 Å². The molecule has 0 bridgehead atoms. The number of benzene rings is 1. The van der Waals surface area contributed by atoms with Gasteiger partial charge < -0.3 is 19.1 Å². The standard InChI is InChI=1S/C25H38O7/c1-2-3-17-30-25(27)22-10-8-21(9-11-22)19-31-32-24-14-12-23(13-15-24)29-18-7-5-4-6-16-28-20-26/h12-15,20-22H,2-11,16-19H2,1H3. The molecule has 0 unspecified atom stereocenters. The quantitative estimate of drug-likeness (QED) is 0.105. The highest BCUT2D eigenvalue weighted by Crippen LogP contribution is 2.30. The van der Waals surface area contributed by atoms with Crippen molar-refractivity contribution >= 4 is 12.4 Å². The second kappa shape index (κ2) is 16.4. The van der Waals surface area contributed by atoms with Crippen LogP contribution in [0.5, 0.6) is 11.5 Å². The van der Waals surface area contributed by atoms with E-state index < -0.39 is 0 Å². The van der Waals surface area contributed by atoms with Crippen molar-refractivity contribution in [2.24, 2.45) is 11.8 Å². The summed E-state index contributed by atoms with van der Waals surface area (Å²) in [6.07, 6.45) is 9.50. The highest BCUT2D eigenvalue weighted by Gasteiger charge is 2.27. The van der Waals surface area contributed by atoms with E-state index in [1.54, 1.807) is 0 Å². The average molecular weight is 451 g/mol. The first-order valence-electron chi connectivity index (χ1n) is 12.0. The molecule has 0 radical (unpaired) electrons. The first-order chi connectivity index (χ1) is 15.7. The van der Waals surface area contributed by atoms with E-state index in [2.05, 4.69) is 11.7 Å². The Morgan fingerprint density at radius 2 is 1.59 bits per heavy atom. The Kier molecular flexibility index (Phi) is 13.3. The molecule has 0 atom stereocenters. The number of hydrogen-bond acceptors (Lipinski definition) is 7. The summed E-state index contributed by atoms with van der Waals surface area (Å²) in [6, 6.07) is 7.39. The zero-order valence-electron chi connectivity index (χ0n) is 19.3. The molecule has 1 aliphatic rings. The van der Waals surface area contributed by atoms with E-state index in [0.29, 0.717) is 44.6 Å². The lowest BCUT2D eigenvalue weighted by molar-refractivity contribution is -0.218. The Bertz CT molecular complexity index is 624. The van der Waals surface area contributed by atoms with Gasteiger partial charge >= 0.3 is 5.97 Å². The van der Waals surface area contributed by atoms with E-state index in [9.17, 15) is 9.59 Å². The molecule has 0 saturated heterocycles. The topological polar surface area (TPSA) is 80.3 Å². The van der Waals surface area contributed by atoms with Crippen LogP contribution in [0.25, 0.3) is 0 Å². The minimum absolute atomic E-state index is 0.0352. The van der Waals surface area contributed by atoms with Crippen molar-refractivity contribution in [3.8, 4) is 11.5 Å². The van der Waals surface area contributed by atoms with Gasteiger partial charge in [-0.2, -0.15) is 4.89 Å². The van der Waals surface area contributed by atoms with Gasteiger partial charge in [0.25, 0.3) is 6.47 Å². The smallest absolute Gasteiger partial charge is 0.308 e. The van der Waals surface area contributed by atoms with E-state index in [1.165, 1.54) is 0 Å². The Hall–Kier alpha value is -2.28. The molecule has 1 fully saturated rings. The molecule has 1 aromatic rings. The Labute approximate surface area is 191 Å². The van der Waals surface area contributed by atoms with Gasteiger partial charge in [0.15, 0.2) is 5.75 Å². The lowest BCUT2D eigenvalue weighted by Gasteiger charge is -2.26. The molecule has 7 heteroatoms. The van der Waals surface area contributed by atoms with E-state index >= 15 is 0 Å². The maximum atomic E-state index is 12.0. The van der Waals surface area contributed by atoms with Crippen LogP contribution < -0.4 is 9.62 Å². The Balaban J connectivity index is 1.52. The molecule has 1 aromatic carbocycles. The van der Waals surface area contributed by atoms with Crippen LogP contribution in [0, 0.1) is 11.8 Å². The number of ether oxygens (including phenoxy) is 3. The molecular weight excluding hydrogens is 412 g/mol. The molecule has 0 aliphatic heterocycles.